The molecule has 1 rings (SSSR count). The highest BCUT2D eigenvalue weighted by atomic mass is 16.5. The summed E-state index contributed by atoms with van der Waals surface area (Å²) in [7, 11) is 1.69. The van der Waals surface area contributed by atoms with Crippen molar-refractivity contribution in [3.8, 4) is 5.75 Å². The van der Waals surface area contributed by atoms with Crippen molar-refractivity contribution in [1.82, 2.24) is 10.3 Å². The molecule has 0 radical (unpaired) electrons. The number of nitrogens with one attached hydrogen (secondary N) is 1. The van der Waals surface area contributed by atoms with Gasteiger partial charge in [0.25, 0.3) is 0 Å². The van der Waals surface area contributed by atoms with Gasteiger partial charge < -0.3 is 19.5 Å². The lowest BCUT2D eigenvalue weighted by atomic mass is 10.2. The maximum atomic E-state index is 5.79. The molecule has 0 spiro atoms. The second-order valence-electron chi connectivity index (χ2n) is 5.88. The van der Waals surface area contributed by atoms with Gasteiger partial charge in [-0.3, -0.25) is 4.98 Å². The van der Waals surface area contributed by atoms with Crippen molar-refractivity contribution in [1.29, 1.82) is 0 Å². The molecule has 0 unspecified atom stereocenters. The molecule has 5 nitrogen and oxygen atoms in total. The Balaban J connectivity index is 2.48. The van der Waals surface area contributed by atoms with Crippen LogP contribution in [0, 0.1) is 6.92 Å². The van der Waals surface area contributed by atoms with Crippen molar-refractivity contribution in [3.05, 3.63) is 23.5 Å². The van der Waals surface area contributed by atoms with Crippen LogP contribution >= 0.6 is 0 Å². The number of nitrogens with zero attached hydrogens (tertiary/aromatic N) is 1. The highest BCUT2D eigenvalue weighted by Gasteiger charge is 2.10. The fourth-order valence-corrected chi connectivity index (χ4v) is 1.74. The lowest BCUT2D eigenvalue weighted by Crippen LogP contribution is -2.23. The van der Waals surface area contributed by atoms with Gasteiger partial charge in [0.1, 0.15) is 12.4 Å². The first-order valence-electron chi connectivity index (χ1n) is 7.35. The molecule has 0 atom stereocenters. The number of pyridine rings is 1. The SMILES string of the molecule is COCCNCc1nc(C)ccc1OCCOC(C)(C)C. The second-order valence-corrected chi connectivity index (χ2v) is 5.88. The van der Waals surface area contributed by atoms with Crippen LogP contribution in [0.5, 0.6) is 5.75 Å². The summed E-state index contributed by atoms with van der Waals surface area (Å²) in [6, 6.07) is 3.92. The van der Waals surface area contributed by atoms with E-state index in [4.69, 9.17) is 14.2 Å². The summed E-state index contributed by atoms with van der Waals surface area (Å²) in [5, 5.41) is 3.29. The largest absolute Gasteiger partial charge is 0.489 e. The van der Waals surface area contributed by atoms with Crippen molar-refractivity contribution in [2.24, 2.45) is 0 Å². The lowest BCUT2D eigenvalue weighted by molar-refractivity contribution is -0.0164. The molecule has 5 heteroatoms. The molecular formula is C16H28N2O3. The average molecular weight is 296 g/mol. The zero-order valence-corrected chi connectivity index (χ0v) is 13.9. The smallest absolute Gasteiger partial charge is 0.142 e. The molecule has 0 saturated carbocycles. The van der Waals surface area contributed by atoms with E-state index in [1.165, 1.54) is 0 Å². The molecule has 0 aromatic carbocycles. The van der Waals surface area contributed by atoms with Gasteiger partial charge in [-0.2, -0.15) is 0 Å². The fourth-order valence-electron chi connectivity index (χ4n) is 1.74. The third-order valence-electron chi connectivity index (χ3n) is 2.72. The van der Waals surface area contributed by atoms with Crippen LogP contribution in [-0.2, 0) is 16.0 Å². The summed E-state index contributed by atoms with van der Waals surface area (Å²) in [6.45, 7) is 11.3. The first kappa shape index (κ1) is 17.9. The van der Waals surface area contributed by atoms with Crippen molar-refractivity contribution < 1.29 is 14.2 Å². The fraction of sp³-hybridized carbons (Fsp3) is 0.688. The summed E-state index contributed by atoms with van der Waals surface area (Å²) in [5.74, 6) is 0.808. The van der Waals surface area contributed by atoms with E-state index in [1.807, 2.05) is 39.8 Å². The zero-order chi connectivity index (χ0) is 15.7. The Kier molecular flexibility index (Phi) is 7.64. The maximum Gasteiger partial charge on any atom is 0.142 e. The van der Waals surface area contributed by atoms with Crippen LogP contribution in [-0.4, -0.2) is 44.1 Å². The molecule has 0 saturated heterocycles. The second kappa shape index (κ2) is 8.97. The number of methoxy groups -OCH3 is 1. The minimum atomic E-state index is -0.139. The molecule has 1 aromatic heterocycles. The molecular weight excluding hydrogens is 268 g/mol. The number of hydrogen-bond donors (Lipinski definition) is 1. The van der Waals surface area contributed by atoms with Gasteiger partial charge in [0.15, 0.2) is 0 Å². The predicted molar refractivity (Wildman–Crippen MR) is 83.8 cm³/mol. The Morgan fingerprint density at radius 2 is 1.90 bits per heavy atom. The Morgan fingerprint density at radius 1 is 1.14 bits per heavy atom. The summed E-state index contributed by atoms with van der Waals surface area (Å²) < 4.78 is 16.5. The topological polar surface area (TPSA) is 52.6 Å². The first-order chi connectivity index (χ1) is 9.92. The van der Waals surface area contributed by atoms with E-state index in [0.717, 1.165) is 23.7 Å². The third-order valence-corrected chi connectivity index (χ3v) is 2.72. The van der Waals surface area contributed by atoms with Gasteiger partial charge >= 0.3 is 0 Å². The van der Waals surface area contributed by atoms with Gasteiger partial charge in [-0.25, -0.2) is 0 Å². The molecule has 0 amide bonds. The molecule has 21 heavy (non-hydrogen) atoms. The first-order valence-corrected chi connectivity index (χ1v) is 7.35. The minimum Gasteiger partial charge on any atom is -0.489 e. The molecule has 1 N–H and O–H groups in total. The molecule has 120 valence electrons. The van der Waals surface area contributed by atoms with Crippen LogP contribution in [0.1, 0.15) is 32.2 Å². The standard InChI is InChI=1S/C16H28N2O3/c1-13-6-7-15(20-10-11-21-16(2,3)4)14(18-13)12-17-8-9-19-5/h6-7,17H,8-12H2,1-5H3. The third kappa shape index (κ3) is 7.99. The normalized spacial score (nSPS) is 11.7. The Morgan fingerprint density at radius 3 is 2.57 bits per heavy atom. The van der Waals surface area contributed by atoms with Crippen LogP contribution in [0.4, 0.5) is 0 Å². The number of ether oxygens (including phenoxy) is 3. The monoisotopic (exact) mass is 296 g/mol. The number of hydrogen-bond acceptors (Lipinski definition) is 5. The van der Waals surface area contributed by atoms with E-state index >= 15 is 0 Å². The summed E-state index contributed by atoms with van der Waals surface area (Å²) in [5.41, 5.74) is 1.76. The van der Waals surface area contributed by atoms with E-state index in [2.05, 4.69) is 10.3 Å². The highest BCUT2D eigenvalue weighted by Crippen LogP contribution is 2.17. The average Bonchev–Trinajstić information content (AvgIpc) is 2.40. The quantitative estimate of drug-likeness (QED) is 0.709. The molecule has 0 aliphatic carbocycles. The van der Waals surface area contributed by atoms with Gasteiger partial charge in [-0.1, -0.05) is 0 Å². The van der Waals surface area contributed by atoms with E-state index in [-0.39, 0.29) is 5.60 Å². The highest BCUT2D eigenvalue weighted by molar-refractivity contribution is 5.29. The van der Waals surface area contributed by atoms with E-state index in [1.54, 1.807) is 7.11 Å². The molecule has 1 heterocycles. The molecule has 0 aliphatic rings. The van der Waals surface area contributed by atoms with Gasteiger partial charge in [-0.05, 0) is 39.8 Å². The number of aromatic nitrogens is 1. The van der Waals surface area contributed by atoms with Crippen LogP contribution in [0.25, 0.3) is 0 Å². The minimum absolute atomic E-state index is 0.139. The van der Waals surface area contributed by atoms with Crippen molar-refractivity contribution >= 4 is 0 Å². The van der Waals surface area contributed by atoms with Gasteiger partial charge in [0.05, 0.1) is 24.5 Å². The lowest BCUT2D eigenvalue weighted by Gasteiger charge is -2.20. The van der Waals surface area contributed by atoms with E-state index in [0.29, 0.717) is 26.4 Å². The number of rotatable bonds is 9. The van der Waals surface area contributed by atoms with Crippen LogP contribution < -0.4 is 10.1 Å². The predicted octanol–water partition coefficient (Wildman–Crippen LogP) is 2.32. The van der Waals surface area contributed by atoms with Gasteiger partial charge in [0, 0.05) is 25.9 Å². The summed E-state index contributed by atoms with van der Waals surface area (Å²) in [6.07, 6.45) is 0. The molecule has 0 aliphatic heterocycles. The summed E-state index contributed by atoms with van der Waals surface area (Å²) >= 11 is 0. The van der Waals surface area contributed by atoms with Crippen molar-refractivity contribution in [2.75, 3.05) is 33.5 Å². The maximum absolute atomic E-state index is 5.79. The van der Waals surface area contributed by atoms with Gasteiger partial charge in [-0.15, -0.1) is 0 Å². The zero-order valence-electron chi connectivity index (χ0n) is 13.9. The molecule has 1 aromatic rings. The Bertz CT molecular complexity index is 416. The van der Waals surface area contributed by atoms with Crippen LogP contribution in [0.15, 0.2) is 12.1 Å². The van der Waals surface area contributed by atoms with Crippen LogP contribution in [0.3, 0.4) is 0 Å². The van der Waals surface area contributed by atoms with Crippen molar-refractivity contribution in [3.63, 3.8) is 0 Å². The Labute approximate surface area is 128 Å². The van der Waals surface area contributed by atoms with Crippen molar-refractivity contribution in [2.45, 2.75) is 39.8 Å². The molecule has 0 fully saturated rings. The number of aryl methyl sites for hydroxylation is 1. The Hall–Kier alpha value is -1.17. The van der Waals surface area contributed by atoms with Crippen LogP contribution in [0.2, 0.25) is 0 Å². The van der Waals surface area contributed by atoms with E-state index < -0.39 is 0 Å². The van der Waals surface area contributed by atoms with Gasteiger partial charge in [0.2, 0.25) is 0 Å². The summed E-state index contributed by atoms with van der Waals surface area (Å²) in [4.78, 5) is 4.53. The van der Waals surface area contributed by atoms with E-state index in [9.17, 15) is 0 Å². The molecule has 0 bridgehead atoms.